The maximum atomic E-state index is 5.81. The van der Waals surface area contributed by atoms with E-state index in [2.05, 4.69) is 21.5 Å². The summed E-state index contributed by atoms with van der Waals surface area (Å²) in [6.45, 7) is 6.44. The van der Waals surface area contributed by atoms with Crippen LogP contribution < -0.4 is 5.73 Å². The van der Waals surface area contributed by atoms with E-state index in [0.717, 1.165) is 17.8 Å². The van der Waals surface area contributed by atoms with E-state index in [1.165, 1.54) is 6.33 Å². The van der Waals surface area contributed by atoms with Gasteiger partial charge in [0.2, 0.25) is 0 Å². The van der Waals surface area contributed by atoms with Gasteiger partial charge in [-0.25, -0.2) is 15.0 Å². The molecule has 0 atom stereocenters. The molecule has 78 valence electrons. The Morgan fingerprint density at radius 3 is 3.00 bits per heavy atom. The van der Waals surface area contributed by atoms with Gasteiger partial charge in [-0.1, -0.05) is 13.0 Å². The van der Waals surface area contributed by atoms with Crippen LogP contribution in [0.2, 0.25) is 0 Å². The molecule has 0 saturated carbocycles. The fourth-order valence-electron chi connectivity index (χ4n) is 1.63. The van der Waals surface area contributed by atoms with Gasteiger partial charge in [-0.15, -0.1) is 6.58 Å². The molecule has 0 spiro atoms. The third-order valence-corrected chi connectivity index (χ3v) is 2.28. The van der Waals surface area contributed by atoms with Crippen molar-refractivity contribution in [1.82, 2.24) is 19.5 Å². The lowest BCUT2D eigenvalue weighted by molar-refractivity contribution is 0.770. The molecule has 0 aliphatic heterocycles. The molecule has 5 nitrogen and oxygen atoms in total. The minimum Gasteiger partial charge on any atom is -0.382 e. The summed E-state index contributed by atoms with van der Waals surface area (Å²) in [5.41, 5.74) is 7.26. The standard InChI is InChI=1S/C10H13N5/c1-3-5-15-7(4-2)14-10-8(15)9(11)12-6-13-10/h3,6H,1,4-5H2,2H3,(H2,11,12,13). The van der Waals surface area contributed by atoms with Crippen LogP contribution in [0.1, 0.15) is 12.7 Å². The van der Waals surface area contributed by atoms with Crippen LogP contribution in [0.25, 0.3) is 11.2 Å². The normalized spacial score (nSPS) is 10.7. The second-order valence-corrected chi connectivity index (χ2v) is 3.21. The minimum absolute atomic E-state index is 0.467. The number of aromatic nitrogens is 4. The van der Waals surface area contributed by atoms with Crippen LogP contribution in [0.3, 0.4) is 0 Å². The molecule has 5 heteroatoms. The third kappa shape index (κ3) is 1.45. The van der Waals surface area contributed by atoms with Crippen LogP contribution in [0.5, 0.6) is 0 Å². The first kappa shape index (κ1) is 9.64. The van der Waals surface area contributed by atoms with Crippen LogP contribution in [-0.2, 0) is 13.0 Å². The fraction of sp³-hybridized carbons (Fsp3) is 0.300. The van der Waals surface area contributed by atoms with E-state index < -0.39 is 0 Å². The highest BCUT2D eigenvalue weighted by Gasteiger charge is 2.12. The molecule has 2 rings (SSSR count). The second kappa shape index (κ2) is 3.68. The van der Waals surface area contributed by atoms with Crippen LogP contribution in [0.4, 0.5) is 5.82 Å². The zero-order valence-electron chi connectivity index (χ0n) is 8.64. The van der Waals surface area contributed by atoms with E-state index in [1.54, 1.807) is 0 Å². The Balaban J connectivity index is 2.76. The molecule has 15 heavy (non-hydrogen) atoms. The Morgan fingerprint density at radius 1 is 1.53 bits per heavy atom. The van der Waals surface area contributed by atoms with Gasteiger partial charge >= 0.3 is 0 Å². The monoisotopic (exact) mass is 203 g/mol. The summed E-state index contributed by atoms with van der Waals surface area (Å²) in [5.74, 6) is 1.42. The van der Waals surface area contributed by atoms with Gasteiger partial charge in [0.05, 0.1) is 0 Å². The molecule has 0 aliphatic carbocycles. The number of fused-ring (bicyclic) bond motifs is 1. The van der Waals surface area contributed by atoms with Gasteiger partial charge in [-0.05, 0) is 0 Å². The Morgan fingerprint density at radius 2 is 2.33 bits per heavy atom. The molecule has 0 radical (unpaired) electrons. The Labute approximate surface area is 87.7 Å². The molecule has 0 saturated heterocycles. The maximum absolute atomic E-state index is 5.81. The molecule has 0 aromatic carbocycles. The maximum Gasteiger partial charge on any atom is 0.183 e. The van der Waals surface area contributed by atoms with Gasteiger partial charge in [0.25, 0.3) is 0 Å². The van der Waals surface area contributed by atoms with Gasteiger partial charge in [-0.2, -0.15) is 0 Å². The molecule has 0 fully saturated rings. The van der Waals surface area contributed by atoms with E-state index in [1.807, 2.05) is 17.6 Å². The lowest BCUT2D eigenvalue weighted by atomic mass is 10.4. The summed E-state index contributed by atoms with van der Waals surface area (Å²) in [7, 11) is 0. The number of hydrogen-bond donors (Lipinski definition) is 1. The number of anilines is 1. The molecular weight excluding hydrogens is 190 g/mol. The van der Waals surface area contributed by atoms with Crippen LogP contribution in [0, 0.1) is 0 Å². The summed E-state index contributed by atoms with van der Waals surface area (Å²) in [6, 6.07) is 0. The van der Waals surface area contributed by atoms with Gasteiger partial charge < -0.3 is 10.3 Å². The molecule has 2 aromatic heterocycles. The van der Waals surface area contributed by atoms with Crippen molar-refractivity contribution in [1.29, 1.82) is 0 Å². The summed E-state index contributed by atoms with van der Waals surface area (Å²) in [6.07, 6.45) is 4.08. The lowest BCUT2D eigenvalue weighted by Gasteiger charge is -2.04. The molecular formula is C10H13N5. The van der Waals surface area contributed by atoms with Gasteiger partial charge in [-0.3, -0.25) is 0 Å². The predicted molar refractivity (Wildman–Crippen MR) is 59.3 cm³/mol. The molecule has 2 heterocycles. The second-order valence-electron chi connectivity index (χ2n) is 3.21. The molecule has 0 aliphatic rings. The number of nitrogen functional groups attached to an aromatic ring is 1. The number of nitrogens with two attached hydrogens (primary N) is 1. The van der Waals surface area contributed by atoms with Crippen LogP contribution in [0.15, 0.2) is 19.0 Å². The van der Waals surface area contributed by atoms with Crippen molar-refractivity contribution in [2.45, 2.75) is 19.9 Å². The molecule has 0 amide bonds. The first-order valence-electron chi connectivity index (χ1n) is 4.84. The number of aryl methyl sites for hydroxylation is 1. The topological polar surface area (TPSA) is 69.6 Å². The van der Waals surface area contributed by atoms with Crippen molar-refractivity contribution in [3.8, 4) is 0 Å². The summed E-state index contributed by atoms with van der Waals surface area (Å²) in [4.78, 5) is 12.5. The van der Waals surface area contributed by atoms with Crippen molar-refractivity contribution in [2.24, 2.45) is 0 Å². The number of nitrogens with zero attached hydrogens (tertiary/aromatic N) is 4. The van der Waals surface area contributed by atoms with Crippen LogP contribution >= 0.6 is 0 Å². The average molecular weight is 203 g/mol. The number of imidazole rings is 1. The molecule has 2 N–H and O–H groups in total. The van der Waals surface area contributed by atoms with E-state index >= 15 is 0 Å². The summed E-state index contributed by atoms with van der Waals surface area (Å²) in [5, 5.41) is 0. The van der Waals surface area contributed by atoms with E-state index in [0.29, 0.717) is 18.0 Å². The first-order valence-corrected chi connectivity index (χ1v) is 4.84. The van der Waals surface area contributed by atoms with Crippen molar-refractivity contribution in [3.05, 3.63) is 24.8 Å². The van der Waals surface area contributed by atoms with Gasteiger partial charge in [0, 0.05) is 13.0 Å². The van der Waals surface area contributed by atoms with E-state index in [9.17, 15) is 0 Å². The van der Waals surface area contributed by atoms with E-state index in [4.69, 9.17) is 5.73 Å². The quantitative estimate of drug-likeness (QED) is 0.760. The predicted octanol–water partition coefficient (Wildman–Crippen LogP) is 1.16. The van der Waals surface area contributed by atoms with Crippen molar-refractivity contribution >= 4 is 17.0 Å². The fourth-order valence-corrected chi connectivity index (χ4v) is 1.63. The Bertz CT molecular complexity index is 500. The number of hydrogen-bond acceptors (Lipinski definition) is 4. The Hall–Kier alpha value is -1.91. The molecule has 0 unspecified atom stereocenters. The number of allylic oxidation sites excluding steroid dienone is 1. The highest BCUT2D eigenvalue weighted by molar-refractivity contribution is 5.82. The number of rotatable bonds is 3. The minimum atomic E-state index is 0.467. The molecule has 2 aromatic rings. The smallest absolute Gasteiger partial charge is 0.183 e. The Kier molecular flexibility index (Phi) is 2.37. The van der Waals surface area contributed by atoms with E-state index in [-0.39, 0.29) is 0 Å². The van der Waals surface area contributed by atoms with Crippen molar-refractivity contribution < 1.29 is 0 Å². The average Bonchev–Trinajstić information content (AvgIpc) is 2.58. The lowest BCUT2D eigenvalue weighted by Crippen LogP contribution is -2.03. The van der Waals surface area contributed by atoms with Crippen LogP contribution in [-0.4, -0.2) is 19.5 Å². The van der Waals surface area contributed by atoms with Gasteiger partial charge in [0.1, 0.15) is 17.7 Å². The van der Waals surface area contributed by atoms with Crippen molar-refractivity contribution in [2.75, 3.05) is 5.73 Å². The first-order chi connectivity index (χ1) is 7.27. The molecule has 0 bridgehead atoms. The third-order valence-electron chi connectivity index (χ3n) is 2.28. The zero-order valence-corrected chi connectivity index (χ0v) is 8.64. The summed E-state index contributed by atoms with van der Waals surface area (Å²) < 4.78 is 2.00. The SMILES string of the molecule is C=CCn1c(CC)nc2ncnc(N)c21. The largest absolute Gasteiger partial charge is 0.382 e. The highest BCUT2D eigenvalue weighted by atomic mass is 15.1. The summed E-state index contributed by atoms with van der Waals surface area (Å²) >= 11 is 0. The van der Waals surface area contributed by atoms with Crippen molar-refractivity contribution in [3.63, 3.8) is 0 Å². The highest BCUT2D eigenvalue weighted by Crippen LogP contribution is 2.18. The van der Waals surface area contributed by atoms with Gasteiger partial charge in [0.15, 0.2) is 11.5 Å². The zero-order chi connectivity index (χ0) is 10.8.